The van der Waals surface area contributed by atoms with Crippen molar-refractivity contribution >= 4 is 17.7 Å². The number of rotatable bonds is 4. The molecule has 7 heteroatoms. The molecule has 1 amide bonds. The van der Waals surface area contributed by atoms with Crippen LogP contribution >= 0.6 is 11.8 Å². The first-order valence-corrected chi connectivity index (χ1v) is 8.07. The molecule has 1 aliphatic heterocycles. The fourth-order valence-electron chi connectivity index (χ4n) is 2.16. The maximum Gasteiger partial charge on any atom is 0.227 e. The van der Waals surface area contributed by atoms with Crippen molar-refractivity contribution in [3.05, 3.63) is 30.4 Å². The predicted octanol–water partition coefficient (Wildman–Crippen LogP) is 1.64. The van der Waals surface area contributed by atoms with Gasteiger partial charge in [-0.15, -0.1) is 0 Å². The summed E-state index contributed by atoms with van der Waals surface area (Å²) in [6.07, 6.45) is 4.27. The van der Waals surface area contributed by atoms with Gasteiger partial charge in [0.25, 0.3) is 0 Å². The smallest absolute Gasteiger partial charge is 0.227 e. The van der Waals surface area contributed by atoms with Gasteiger partial charge >= 0.3 is 0 Å². The minimum absolute atomic E-state index is 0.166. The van der Waals surface area contributed by atoms with Crippen molar-refractivity contribution in [2.24, 2.45) is 0 Å². The third-order valence-electron chi connectivity index (χ3n) is 3.32. The molecule has 0 unspecified atom stereocenters. The second-order valence-electron chi connectivity index (χ2n) is 4.74. The number of hydrogen-bond acceptors (Lipinski definition) is 6. The number of aryl methyl sites for hydroxylation is 1. The van der Waals surface area contributed by atoms with Gasteiger partial charge in [0.05, 0.1) is 0 Å². The number of nitrogens with zero attached hydrogens (tertiary/aromatic N) is 4. The average molecular weight is 304 g/mol. The normalized spacial score (nSPS) is 15.1. The molecule has 3 rings (SSSR count). The summed E-state index contributed by atoms with van der Waals surface area (Å²) in [5, 5.41) is 3.93. The highest BCUT2D eigenvalue weighted by molar-refractivity contribution is 7.99. The highest BCUT2D eigenvalue weighted by Crippen LogP contribution is 2.15. The van der Waals surface area contributed by atoms with Crippen molar-refractivity contribution in [2.45, 2.75) is 12.8 Å². The van der Waals surface area contributed by atoms with E-state index in [0.717, 1.165) is 30.2 Å². The number of carbonyl (C=O) groups is 1. The second kappa shape index (κ2) is 6.71. The van der Waals surface area contributed by atoms with Crippen LogP contribution in [0.2, 0.25) is 0 Å². The van der Waals surface area contributed by atoms with E-state index in [-0.39, 0.29) is 5.91 Å². The lowest BCUT2D eigenvalue weighted by Gasteiger charge is -2.26. The molecule has 0 radical (unpaired) electrons. The number of pyridine rings is 1. The van der Waals surface area contributed by atoms with Crippen LogP contribution in [0.15, 0.2) is 29.0 Å². The number of carbonyl (C=O) groups excluding carboxylic acids is 1. The Morgan fingerprint density at radius 1 is 1.29 bits per heavy atom. The summed E-state index contributed by atoms with van der Waals surface area (Å²) in [5.74, 6) is 3.26. The molecule has 2 aromatic rings. The summed E-state index contributed by atoms with van der Waals surface area (Å²) < 4.78 is 5.20. The van der Waals surface area contributed by atoms with Crippen molar-refractivity contribution in [3.8, 4) is 11.4 Å². The van der Waals surface area contributed by atoms with Gasteiger partial charge in [0.15, 0.2) is 0 Å². The SMILES string of the molecule is O=C(CCc1nc(-c2ccncc2)no1)N1CCSCC1. The van der Waals surface area contributed by atoms with Crippen LogP contribution in [0.4, 0.5) is 0 Å². The molecule has 0 N–H and O–H groups in total. The molecule has 0 aliphatic carbocycles. The van der Waals surface area contributed by atoms with E-state index in [1.165, 1.54) is 0 Å². The Hall–Kier alpha value is -1.89. The molecule has 1 saturated heterocycles. The van der Waals surface area contributed by atoms with Crippen molar-refractivity contribution in [1.29, 1.82) is 0 Å². The van der Waals surface area contributed by atoms with Crippen molar-refractivity contribution in [1.82, 2.24) is 20.0 Å². The van der Waals surface area contributed by atoms with Crippen molar-refractivity contribution in [2.75, 3.05) is 24.6 Å². The molecule has 1 fully saturated rings. The van der Waals surface area contributed by atoms with Gasteiger partial charge in [0.1, 0.15) is 0 Å². The minimum Gasteiger partial charge on any atom is -0.341 e. The Morgan fingerprint density at radius 2 is 2.05 bits per heavy atom. The third kappa shape index (κ3) is 3.60. The van der Waals surface area contributed by atoms with Gasteiger partial charge in [0, 0.05) is 55.4 Å². The van der Waals surface area contributed by atoms with Crippen LogP contribution in [0.1, 0.15) is 12.3 Å². The molecule has 0 aromatic carbocycles. The number of hydrogen-bond donors (Lipinski definition) is 0. The Labute approximate surface area is 126 Å². The highest BCUT2D eigenvalue weighted by Gasteiger charge is 2.17. The van der Waals surface area contributed by atoms with Gasteiger partial charge in [-0.1, -0.05) is 5.16 Å². The third-order valence-corrected chi connectivity index (χ3v) is 4.27. The largest absolute Gasteiger partial charge is 0.341 e. The Balaban J connectivity index is 1.56. The van der Waals surface area contributed by atoms with Crippen molar-refractivity contribution < 1.29 is 9.32 Å². The monoisotopic (exact) mass is 304 g/mol. The topological polar surface area (TPSA) is 72.1 Å². The van der Waals surface area contributed by atoms with Crippen LogP contribution in [0.3, 0.4) is 0 Å². The van der Waals surface area contributed by atoms with Crippen molar-refractivity contribution in [3.63, 3.8) is 0 Å². The summed E-state index contributed by atoms with van der Waals surface area (Å²) in [5.41, 5.74) is 0.861. The lowest BCUT2D eigenvalue weighted by molar-refractivity contribution is -0.130. The van der Waals surface area contributed by atoms with Gasteiger partial charge in [-0.05, 0) is 12.1 Å². The summed E-state index contributed by atoms with van der Waals surface area (Å²) >= 11 is 1.89. The van der Waals surface area contributed by atoms with Crippen LogP contribution in [-0.4, -0.2) is 50.5 Å². The fourth-order valence-corrected chi connectivity index (χ4v) is 3.06. The van der Waals surface area contributed by atoms with E-state index in [1.807, 2.05) is 28.8 Å². The second-order valence-corrected chi connectivity index (χ2v) is 5.97. The van der Waals surface area contributed by atoms with Gasteiger partial charge in [-0.2, -0.15) is 16.7 Å². The van der Waals surface area contributed by atoms with E-state index in [2.05, 4.69) is 15.1 Å². The molecule has 6 nitrogen and oxygen atoms in total. The zero-order valence-electron chi connectivity index (χ0n) is 11.6. The first-order chi connectivity index (χ1) is 10.3. The van der Waals surface area contributed by atoms with Gasteiger partial charge in [-0.25, -0.2) is 0 Å². The fraction of sp³-hybridized carbons (Fsp3) is 0.429. The van der Waals surface area contributed by atoms with E-state index < -0.39 is 0 Å². The predicted molar refractivity (Wildman–Crippen MR) is 79.8 cm³/mol. The van der Waals surface area contributed by atoms with E-state index >= 15 is 0 Å². The van der Waals surface area contributed by atoms with E-state index in [1.54, 1.807) is 12.4 Å². The summed E-state index contributed by atoms with van der Waals surface area (Å²) in [6.45, 7) is 1.69. The molecule has 0 atom stereocenters. The van der Waals surface area contributed by atoms with E-state index in [9.17, 15) is 4.79 Å². The molecule has 21 heavy (non-hydrogen) atoms. The van der Waals surface area contributed by atoms with Gasteiger partial charge < -0.3 is 9.42 Å². The van der Waals surface area contributed by atoms with Crippen LogP contribution in [0.5, 0.6) is 0 Å². The molecule has 2 aromatic heterocycles. The summed E-state index contributed by atoms with van der Waals surface area (Å²) in [7, 11) is 0. The first-order valence-electron chi connectivity index (χ1n) is 6.91. The average Bonchev–Trinajstić information content (AvgIpc) is 3.03. The number of thioether (sulfide) groups is 1. The van der Waals surface area contributed by atoms with Crippen LogP contribution in [0, 0.1) is 0 Å². The van der Waals surface area contributed by atoms with E-state index in [0.29, 0.717) is 24.6 Å². The maximum absolute atomic E-state index is 12.1. The molecule has 0 saturated carbocycles. The molecule has 0 bridgehead atoms. The summed E-state index contributed by atoms with van der Waals surface area (Å²) in [6, 6.07) is 3.65. The molecule has 110 valence electrons. The van der Waals surface area contributed by atoms with E-state index in [4.69, 9.17) is 4.52 Å². The molecule has 0 spiro atoms. The zero-order valence-corrected chi connectivity index (χ0v) is 12.4. The van der Waals surface area contributed by atoms with Crippen LogP contribution in [-0.2, 0) is 11.2 Å². The van der Waals surface area contributed by atoms with Gasteiger partial charge in [0.2, 0.25) is 17.6 Å². The number of amides is 1. The maximum atomic E-state index is 12.1. The Morgan fingerprint density at radius 3 is 2.81 bits per heavy atom. The summed E-state index contributed by atoms with van der Waals surface area (Å²) in [4.78, 5) is 22.2. The molecule has 1 aliphatic rings. The number of aromatic nitrogens is 3. The Kier molecular flexibility index (Phi) is 4.49. The first kappa shape index (κ1) is 14.1. The molecule has 3 heterocycles. The quantitative estimate of drug-likeness (QED) is 0.855. The Bertz CT molecular complexity index is 596. The molecular weight excluding hydrogens is 288 g/mol. The lowest BCUT2D eigenvalue weighted by atomic mass is 10.2. The molecular formula is C14H16N4O2S. The minimum atomic E-state index is 0.166. The van der Waals surface area contributed by atoms with Gasteiger partial charge in [-0.3, -0.25) is 9.78 Å². The van der Waals surface area contributed by atoms with Crippen LogP contribution < -0.4 is 0 Å². The highest BCUT2D eigenvalue weighted by atomic mass is 32.2. The zero-order chi connectivity index (χ0) is 14.5. The lowest BCUT2D eigenvalue weighted by Crippen LogP contribution is -2.37. The standard InChI is InChI=1S/C14H16N4O2S/c19-13(18-7-9-21-10-8-18)2-1-12-16-14(17-20-12)11-3-5-15-6-4-11/h3-6H,1-2,7-10H2. The van der Waals surface area contributed by atoms with Crippen LogP contribution in [0.25, 0.3) is 11.4 Å².